The van der Waals surface area contributed by atoms with Crippen molar-refractivity contribution in [3.63, 3.8) is 0 Å². The smallest absolute Gasteiger partial charge is 0.337 e. The van der Waals surface area contributed by atoms with E-state index >= 15 is 0 Å². The molecular formula is C27H27BrN4O3. The average Bonchev–Trinajstić information content (AvgIpc) is 3.15. The number of hydrogen-bond donors (Lipinski definition) is 0. The third kappa shape index (κ3) is 4.71. The molecule has 0 fully saturated rings. The van der Waals surface area contributed by atoms with Gasteiger partial charge < -0.3 is 9.30 Å². The summed E-state index contributed by atoms with van der Waals surface area (Å²) >= 11 is 3.44. The predicted octanol–water partition coefficient (Wildman–Crippen LogP) is 5.75. The number of methoxy groups -OCH3 is 1. The first-order valence-corrected chi connectivity index (χ1v) is 12.2. The summed E-state index contributed by atoms with van der Waals surface area (Å²) in [4.78, 5) is 29.9. The second-order valence-corrected chi connectivity index (χ2v) is 9.42. The van der Waals surface area contributed by atoms with Crippen molar-refractivity contribution < 1.29 is 9.53 Å². The molecule has 0 aliphatic heterocycles. The summed E-state index contributed by atoms with van der Waals surface area (Å²) in [5.41, 5.74) is 4.73. The number of ether oxygens (including phenoxy) is 1. The van der Waals surface area contributed by atoms with Crippen LogP contribution >= 0.6 is 15.9 Å². The summed E-state index contributed by atoms with van der Waals surface area (Å²) < 4.78 is 9.10. The van der Waals surface area contributed by atoms with Crippen molar-refractivity contribution in [1.82, 2.24) is 14.2 Å². The average molecular weight is 535 g/mol. The molecule has 0 saturated heterocycles. The van der Waals surface area contributed by atoms with Gasteiger partial charge in [0.05, 0.1) is 29.8 Å². The van der Waals surface area contributed by atoms with E-state index in [9.17, 15) is 9.59 Å². The fourth-order valence-electron chi connectivity index (χ4n) is 4.08. The Labute approximate surface area is 212 Å². The van der Waals surface area contributed by atoms with Crippen molar-refractivity contribution in [3.8, 4) is 5.69 Å². The molecule has 0 unspecified atom stereocenters. The maximum Gasteiger partial charge on any atom is 0.337 e. The number of aromatic nitrogens is 3. The van der Waals surface area contributed by atoms with E-state index in [0.717, 1.165) is 33.5 Å². The minimum atomic E-state index is -0.371. The summed E-state index contributed by atoms with van der Waals surface area (Å²) in [5, 5.41) is 5.12. The highest BCUT2D eigenvalue weighted by Gasteiger charge is 2.16. The van der Waals surface area contributed by atoms with Crippen molar-refractivity contribution in [1.29, 1.82) is 0 Å². The monoisotopic (exact) mass is 534 g/mol. The molecule has 4 aromatic rings. The first kappa shape index (κ1) is 24.6. The first-order chi connectivity index (χ1) is 16.7. The number of hydrogen-bond acceptors (Lipinski definition) is 5. The van der Waals surface area contributed by atoms with Crippen LogP contribution in [0.15, 0.2) is 62.9 Å². The topological polar surface area (TPSA) is 78.5 Å². The lowest BCUT2D eigenvalue weighted by Gasteiger charge is -2.14. The molecule has 0 spiro atoms. The highest BCUT2D eigenvalue weighted by atomic mass is 79.9. The second kappa shape index (κ2) is 10.00. The molecule has 7 nitrogen and oxygen atoms in total. The third-order valence-corrected chi connectivity index (χ3v) is 6.71. The van der Waals surface area contributed by atoms with Crippen LogP contribution in [0.5, 0.6) is 0 Å². The van der Waals surface area contributed by atoms with E-state index in [2.05, 4.69) is 32.5 Å². The fraction of sp³-hybridized carbons (Fsp3) is 0.259. The highest BCUT2D eigenvalue weighted by Crippen LogP contribution is 2.23. The van der Waals surface area contributed by atoms with Crippen molar-refractivity contribution >= 4 is 39.0 Å². The summed E-state index contributed by atoms with van der Waals surface area (Å²) in [6.45, 7) is 8.11. The highest BCUT2D eigenvalue weighted by molar-refractivity contribution is 9.10. The first-order valence-electron chi connectivity index (χ1n) is 11.4. The minimum absolute atomic E-state index is 0.0636. The molecule has 180 valence electrons. The van der Waals surface area contributed by atoms with E-state index in [0.29, 0.717) is 22.3 Å². The molecule has 35 heavy (non-hydrogen) atoms. The molecule has 2 heterocycles. The van der Waals surface area contributed by atoms with Gasteiger partial charge in [-0.1, -0.05) is 29.8 Å². The molecule has 0 radical (unpaired) electrons. The molecule has 4 rings (SSSR count). The summed E-state index contributed by atoms with van der Waals surface area (Å²) in [5.74, 6) is 0.327. The van der Waals surface area contributed by atoms with Gasteiger partial charge in [-0.3, -0.25) is 4.79 Å². The molecule has 0 bridgehead atoms. The van der Waals surface area contributed by atoms with Gasteiger partial charge in [0.15, 0.2) is 0 Å². The number of carbonyl (C=O) groups is 1. The van der Waals surface area contributed by atoms with Gasteiger partial charge in [-0.05, 0) is 68.8 Å². The fourth-order valence-corrected chi connectivity index (χ4v) is 4.44. The molecule has 0 saturated carbocycles. The van der Waals surface area contributed by atoms with E-state index in [1.165, 1.54) is 11.8 Å². The quantitative estimate of drug-likeness (QED) is 0.233. The van der Waals surface area contributed by atoms with Crippen molar-refractivity contribution in [3.05, 3.63) is 91.7 Å². The van der Waals surface area contributed by atoms with Gasteiger partial charge in [-0.25, -0.2) is 9.78 Å². The maximum atomic E-state index is 13.4. The number of carbonyl (C=O) groups excluding carboxylic acids is 1. The van der Waals surface area contributed by atoms with Crippen LogP contribution in [0.25, 0.3) is 16.6 Å². The zero-order valence-electron chi connectivity index (χ0n) is 20.4. The van der Waals surface area contributed by atoms with Crippen LogP contribution in [0.4, 0.5) is 0 Å². The van der Waals surface area contributed by atoms with E-state index in [4.69, 9.17) is 9.72 Å². The number of rotatable bonds is 6. The molecule has 2 aromatic heterocycles. The number of aryl methyl sites for hydroxylation is 1. The Bertz CT molecular complexity index is 1500. The van der Waals surface area contributed by atoms with Crippen molar-refractivity contribution in [2.24, 2.45) is 5.10 Å². The number of fused-ring (bicyclic) bond motifs is 1. The van der Waals surface area contributed by atoms with Gasteiger partial charge in [0, 0.05) is 33.0 Å². The molecular weight excluding hydrogens is 508 g/mol. The third-order valence-electron chi connectivity index (χ3n) is 6.22. The minimum Gasteiger partial charge on any atom is -0.465 e. The van der Waals surface area contributed by atoms with Crippen LogP contribution in [0.2, 0.25) is 0 Å². The Kier molecular flexibility index (Phi) is 7.03. The summed E-state index contributed by atoms with van der Waals surface area (Å²) in [7, 11) is 1.37. The number of esters is 1. The van der Waals surface area contributed by atoms with Crippen LogP contribution in [0, 0.1) is 13.8 Å². The van der Waals surface area contributed by atoms with Gasteiger partial charge in [0.2, 0.25) is 0 Å². The number of halogens is 1. The zero-order chi connectivity index (χ0) is 25.3. The van der Waals surface area contributed by atoms with Crippen molar-refractivity contribution in [2.45, 2.75) is 40.0 Å². The largest absolute Gasteiger partial charge is 0.465 e. The Morgan fingerprint density at radius 1 is 1.17 bits per heavy atom. The number of nitrogens with zero attached hydrogens (tertiary/aromatic N) is 4. The van der Waals surface area contributed by atoms with Crippen LogP contribution < -0.4 is 5.56 Å². The second-order valence-electron chi connectivity index (χ2n) is 8.50. The summed E-state index contributed by atoms with van der Waals surface area (Å²) in [6.07, 6.45) is 2.54. The predicted molar refractivity (Wildman–Crippen MR) is 142 cm³/mol. The van der Waals surface area contributed by atoms with E-state index < -0.39 is 0 Å². The van der Waals surface area contributed by atoms with Crippen LogP contribution in [-0.2, 0) is 4.74 Å². The maximum absolute atomic E-state index is 13.4. The lowest BCUT2D eigenvalue weighted by molar-refractivity contribution is 0.0600. The zero-order valence-corrected chi connectivity index (χ0v) is 22.0. The van der Waals surface area contributed by atoms with Gasteiger partial charge in [0.25, 0.3) is 5.56 Å². The lowest BCUT2D eigenvalue weighted by atomic mass is 10.1. The summed E-state index contributed by atoms with van der Waals surface area (Å²) in [6, 6.07) is 14.8. The SMILES string of the molecule is CC[C@@H](C)c1nc2ccc(Br)cc2c(=O)n1N=Cc1cc(C)n(-c2ccc(C(=O)OC)cc2)c1C. The Morgan fingerprint density at radius 2 is 1.89 bits per heavy atom. The Hall–Kier alpha value is -3.52. The van der Waals surface area contributed by atoms with Crippen LogP contribution in [-0.4, -0.2) is 33.5 Å². The molecule has 0 aliphatic rings. The van der Waals surface area contributed by atoms with E-state index in [1.807, 2.05) is 51.1 Å². The van der Waals surface area contributed by atoms with E-state index in [1.54, 1.807) is 24.4 Å². The number of benzene rings is 2. The molecule has 0 N–H and O–H groups in total. The Morgan fingerprint density at radius 3 is 2.54 bits per heavy atom. The van der Waals surface area contributed by atoms with Crippen molar-refractivity contribution in [2.75, 3.05) is 7.11 Å². The van der Waals surface area contributed by atoms with E-state index in [-0.39, 0.29) is 17.4 Å². The molecule has 0 amide bonds. The Balaban J connectivity index is 1.78. The van der Waals surface area contributed by atoms with Gasteiger partial charge in [-0.2, -0.15) is 9.78 Å². The normalized spacial score (nSPS) is 12.4. The molecule has 2 aromatic carbocycles. The van der Waals surface area contributed by atoms with Gasteiger partial charge in [-0.15, -0.1) is 0 Å². The van der Waals surface area contributed by atoms with Crippen LogP contribution in [0.3, 0.4) is 0 Å². The standard InChI is InChI=1S/C27H27BrN4O3/c1-6-16(2)25-30-24-12-9-21(28)14-23(24)26(33)32(25)29-15-20-13-17(3)31(18(20)4)22-10-7-19(8-11-22)27(34)35-5/h7-16H,6H2,1-5H3/t16-/m1/s1. The molecule has 1 atom stereocenters. The molecule has 0 aliphatic carbocycles. The lowest BCUT2D eigenvalue weighted by Crippen LogP contribution is -2.23. The van der Waals surface area contributed by atoms with Crippen LogP contribution in [0.1, 0.15) is 59.3 Å². The van der Waals surface area contributed by atoms with Gasteiger partial charge in [0.1, 0.15) is 5.82 Å². The van der Waals surface area contributed by atoms with Gasteiger partial charge >= 0.3 is 5.97 Å². The molecule has 8 heteroatoms.